The molecule has 2 heterocycles. The summed E-state index contributed by atoms with van der Waals surface area (Å²) < 4.78 is 36.7. The van der Waals surface area contributed by atoms with E-state index in [4.69, 9.17) is 5.11 Å². The lowest BCUT2D eigenvalue weighted by molar-refractivity contribution is -0.0796. The molecule has 0 radical (unpaired) electrons. The van der Waals surface area contributed by atoms with E-state index in [1.165, 1.54) is 17.2 Å². The summed E-state index contributed by atoms with van der Waals surface area (Å²) >= 11 is -0.160. The Morgan fingerprint density at radius 1 is 1.41 bits per heavy atom. The molecule has 1 saturated carbocycles. The number of hydrogen-bond acceptors (Lipinski definition) is 3. The van der Waals surface area contributed by atoms with Gasteiger partial charge >= 0.3 is 11.6 Å². The van der Waals surface area contributed by atoms with E-state index in [1.807, 2.05) is 0 Å². The lowest BCUT2D eigenvalue weighted by atomic mass is 9.57. The first-order valence-corrected chi connectivity index (χ1v) is 7.75. The molecule has 1 aromatic rings. The Hall–Kier alpha value is -1.44. The van der Waals surface area contributed by atoms with Crippen LogP contribution in [0.5, 0.6) is 0 Å². The predicted molar refractivity (Wildman–Crippen MR) is 74.6 cm³/mol. The van der Waals surface area contributed by atoms with Gasteiger partial charge in [0.15, 0.2) is 0 Å². The number of rotatable bonds is 3. The van der Waals surface area contributed by atoms with Gasteiger partial charge < -0.3 is 10.0 Å². The Balaban J connectivity index is 1.47. The van der Waals surface area contributed by atoms with Gasteiger partial charge in [-0.15, -0.1) is 0 Å². The fourth-order valence-corrected chi connectivity index (χ4v) is 4.00. The van der Waals surface area contributed by atoms with Crippen LogP contribution in [0.4, 0.5) is 18.0 Å². The maximum Gasteiger partial charge on any atom is 0.446 e. The number of hydrogen-bond donors (Lipinski definition) is 1. The number of nitrogens with zero attached hydrogens (tertiary/aromatic N) is 2. The van der Waals surface area contributed by atoms with Crippen LogP contribution in [-0.4, -0.2) is 39.7 Å². The summed E-state index contributed by atoms with van der Waals surface area (Å²) in [6.45, 7) is 1.21. The monoisotopic (exact) mass is 332 g/mol. The van der Waals surface area contributed by atoms with Crippen LogP contribution in [0.25, 0.3) is 0 Å². The zero-order valence-corrected chi connectivity index (χ0v) is 12.5. The molecule has 120 valence electrons. The molecule has 8 heteroatoms. The Labute approximate surface area is 129 Å². The van der Waals surface area contributed by atoms with Crippen molar-refractivity contribution in [1.82, 2.24) is 9.88 Å². The number of likely N-dealkylation sites (tertiary alicyclic amines) is 1. The van der Waals surface area contributed by atoms with Crippen LogP contribution in [-0.2, 0) is 6.42 Å². The van der Waals surface area contributed by atoms with Crippen molar-refractivity contribution in [3.63, 3.8) is 0 Å². The third-order valence-corrected chi connectivity index (χ3v) is 5.00. The van der Waals surface area contributed by atoms with E-state index in [1.54, 1.807) is 6.07 Å². The molecule has 1 N–H and O–H groups in total. The van der Waals surface area contributed by atoms with E-state index < -0.39 is 11.6 Å². The highest BCUT2D eigenvalue weighted by Crippen LogP contribution is 2.52. The second kappa shape index (κ2) is 5.33. The number of pyridine rings is 1. The maximum atomic E-state index is 12.2. The molecular formula is C14H15F3N2O2S. The van der Waals surface area contributed by atoms with Crippen molar-refractivity contribution in [2.45, 2.75) is 29.7 Å². The van der Waals surface area contributed by atoms with Crippen molar-refractivity contribution in [3.05, 3.63) is 24.0 Å². The second-order valence-corrected chi connectivity index (χ2v) is 7.29. The summed E-state index contributed by atoms with van der Waals surface area (Å²) in [5.41, 5.74) is -3.35. The highest BCUT2D eigenvalue weighted by atomic mass is 32.2. The lowest BCUT2D eigenvalue weighted by Gasteiger charge is -2.58. The van der Waals surface area contributed by atoms with Gasteiger partial charge in [-0.05, 0) is 49.1 Å². The summed E-state index contributed by atoms with van der Waals surface area (Å²) in [5.74, 6) is 0.449. The summed E-state index contributed by atoms with van der Waals surface area (Å²) in [4.78, 5) is 16.3. The molecule has 1 amide bonds. The summed E-state index contributed by atoms with van der Waals surface area (Å²) in [6.07, 6.45) is 3.08. The standard InChI is InChI=1S/C14H15F3N2O2S/c15-14(16,17)22-11-2-1-10(18-6-11)3-9-4-13(5-9)7-19(8-13)12(20)21/h1-2,6,9H,3-5,7-8H2,(H,20,21). The minimum absolute atomic E-state index is 0.0948. The van der Waals surface area contributed by atoms with Gasteiger partial charge in [0.05, 0.1) is 0 Å². The van der Waals surface area contributed by atoms with Crippen molar-refractivity contribution < 1.29 is 23.1 Å². The fourth-order valence-electron chi connectivity index (χ4n) is 3.49. The van der Waals surface area contributed by atoms with Crippen LogP contribution >= 0.6 is 11.8 Å². The first-order valence-electron chi connectivity index (χ1n) is 6.93. The molecular weight excluding hydrogens is 317 g/mol. The van der Waals surface area contributed by atoms with Gasteiger partial charge in [-0.1, -0.05) is 0 Å². The molecule has 1 spiro atoms. The van der Waals surface area contributed by atoms with Crippen molar-refractivity contribution in [2.24, 2.45) is 11.3 Å². The van der Waals surface area contributed by atoms with Crippen LogP contribution in [0.2, 0.25) is 0 Å². The van der Waals surface area contributed by atoms with Crippen LogP contribution in [0.15, 0.2) is 23.2 Å². The average molecular weight is 332 g/mol. The van der Waals surface area contributed by atoms with Gasteiger partial charge in [0.25, 0.3) is 0 Å². The van der Waals surface area contributed by atoms with E-state index in [9.17, 15) is 18.0 Å². The SMILES string of the molecule is O=C(O)N1CC2(CC(Cc3ccc(SC(F)(F)F)cn3)C2)C1. The highest BCUT2D eigenvalue weighted by Gasteiger charge is 2.53. The highest BCUT2D eigenvalue weighted by molar-refractivity contribution is 8.00. The zero-order chi connectivity index (χ0) is 16.0. The molecule has 1 aliphatic heterocycles. The Kier molecular flexibility index (Phi) is 3.74. The van der Waals surface area contributed by atoms with Crippen LogP contribution in [0.3, 0.4) is 0 Å². The van der Waals surface area contributed by atoms with Gasteiger partial charge in [0, 0.05) is 35.3 Å². The topological polar surface area (TPSA) is 53.4 Å². The normalized spacial score (nSPS) is 20.6. The molecule has 3 rings (SSSR count). The molecule has 2 aliphatic rings. The molecule has 1 aliphatic carbocycles. The molecule has 1 aromatic heterocycles. The number of amides is 1. The molecule has 0 atom stereocenters. The summed E-state index contributed by atoms with van der Waals surface area (Å²) in [6, 6.07) is 3.09. The Morgan fingerprint density at radius 2 is 2.09 bits per heavy atom. The molecule has 1 saturated heterocycles. The average Bonchev–Trinajstić information content (AvgIpc) is 2.30. The molecule has 0 aromatic carbocycles. The van der Waals surface area contributed by atoms with Gasteiger partial charge in [0.1, 0.15) is 0 Å². The minimum Gasteiger partial charge on any atom is -0.465 e. The number of aromatic nitrogens is 1. The van der Waals surface area contributed by atoms with Crippen molar-refractivity contribution >= 4 is 17.9 Å². The Bertz CT molecular complexity index is 562. The lowest BCUT2D eigenvalue weighted by Crippen LogP contribution is -2.63. The first kappa shape index (κ1) is 15.5. The van der Waals surface area contributed by atoms with Gasteiger partial charge in [-0.3, -0.25) is 4.98 Å². The largest absolute Gasteiger partial charge is 0.465 e. The van der Waals surface area contributed by atoms with Gasteiger partial charge in [0.2, 0.25) is 0 Å². The van der Waals surface area contributed by atoms with Gasteiger partial charge in [-0.25, -0.2) is 4.79 Å². The number of alkyl halides is 3. The number of thioether (sulfide) groups is 1. The first-order chi connectivity index (χ1) is 10.2. The van der Waals surface area contributed by atoms with Gasteiger partial charge in [-0.2, -0.15) is 13.2 Å². The molecule has 2 fully saturated rings. The van der Waals surface area contributed by atoms with Crippen LogP contribution in [0, 0.1) is 11.3 Å². The second-order valence-electron chi connectivity index (χ2n) is 6.15. The number of carbonyl (C=O) groups is 1. The van der Waals surface area contributed by atoms with E-state index in [2.05, 4.69) is 4.98 Å². The molecule has 0 bridgehead atoms. The van der Waals surface area contributed by atoms with Crippen LogP contribution < -0.4 is 0 Å². The van der Waals surface area contributed by atoms with Crippen molar-refractivity contribution in [2.75, 3.05) is 13.1 Å². The summed E-state index contributed by atoms with van der Waals surface area (Å²) in [7, 11) is 0. The number of halogens is 3. The Morgan fingerprint density at radius 3 is 2.59 bits per heavy atom. The van der Waals surface area contributed by atoms with E-state index in [-0.39, 0.29) is 22.1 Å². The fraction of sp³-hybridized carbons (Fsp3) is 0.571. The maximum absolute atomic E-state index is 12.2. The molecule has 22 heavy (non-hydrogen) atoms. The van der Waals surface area contributed by atoms with Crippen LogP contribution in [0.1, 0.15) is 18.5 Å². The smallest absolute Gasteiger partial charge is 0.446 e. The number of carboxylic acid groups (broad SMARTS) is 1. The summed E-state index contributed by atoms with van der Waals surface area (Å²) in [5, 5.41) is 8.83. The predicted octanol–water partition coefficient (Wildman–Crippen LogP) is 3.63. The quantitative estimate of drug-likeness (QED) is 0.859. The zero-order valence-electron chi connectivity index (χ0n) is 11.6. The third kappa shape index (κ3) is 3.31. The minimum atomic E-state index is -4.29. The molecule has 4 nitrogen and oxygen atoms in total. The van der Waals surface area contributed by atoms with E-state index >= 15 is 0 Å². The third-order valence-electron chi connectivity index (χ3n) is 4.30. The van der Waals surface area contributed by atoms with E-state index in [0.29, 0.717) is 19.0 Å². The van der Waals surface area contributed by atoms with Crippen molar-refractivity contribution in [1.29, 1.82) is 0 Å². The van der Waals surface area contributed by atoms with E-state index in [0.717, 1.165) is 25.0 Å². The van der Waals surface area contributed by atoms with Crippen molar-refractivity contribution in [3.8, 4) is 0 Å². The molecule has 0 unspecified atom stereocenters.